The number of nitrogens with two attached hydrogens (primary N) is 1. The number of hydrogen-bond acceptors (Lipinski definition) is 4. The molecule has 1 aromatic rings. The fourth-order valence-electron chi connectivity index (χ4n) is 1.80. The van der Waals surface area contributed by atoms with Gasteiger partial charge in [-0.05, 0) is 39.4 Å². The van der Waals surface area contributed by atoms with Crippen LogP contribution in [0.2, 0.25) is 0 Å². The summed E-state index contributed by atoms with van der Waals surface area (Å²) in [4.78, 5) is 2.28. The van der Waals surface area contributed by atoms with Crippen LogP contribution in [0.15, 0.2) is 29.2 Å². The summed E-state index contributed by atoms with van der Waals surface area (Å²) < 4.78 is 24.8. The van der Waals surface area contributed by atoms with Gasteiger partial charge in [-0.1, -0.05) is 19.1 Å². The maximum atomic E-state index is 12.4. The monoisotopic (exact) mass is 311 g/mol. The van der Waals surface area contributed by atoms with Gasteiger partial charge in [-0.3, -0.25) is 5.41 Å². The van der Waals surface area contributed by atoms with Crippen LogP contribution in [0.1, 0.15) is 32.8 Å². The van der Waals surface area contributed by atoms with Crippen molar-refractivity contribution in [2.75, 3.05) is 19.3 Å². The average Bonchev–Trinajstić information content (AvgIpc) is 2.44. The van der Waals surface area contributed by atoms with Crippen molar-refractivity contribution in [3.63, 3.8) is 0 Å². The Morgan fingerprint density at radius 3 is 2.52 bits per heavy atom. The van der Waals surface area contributed by atoms with E-state index in [4.69, 9.17) is 11.1 Å². The lowest BCUT2D eigenvalue weighted by molar-refractivity contribution is 0.160. The highest BCUT2D eigenvalue weighted by Crippen LogP contribution is 2.18. The summed E-state index contributed by atoms with van der Waals surface area (Å²) in [6.45, 7) is 6.74. The van der Waals surface area contributed by atoms with Gasteiger partial charge in [0.2, 0.25) is 0 Å². The van der Waals surface area contributed by atoms with Crippen LogP contribution in [0.4, 0.5) is 0 Å². The van der Waals surface area contributed by atoms with Gasteiger partial charge in [-0.2, -0.15) is 0 Å². The maximum absolute atomic E-state index is 12.4. The summed E-state index contributed by atoms with van der Waals surface area (Å²) >= 11 is 0. The Labute approximate surface area is 127 Å². The Morgan fingerprint density at radius 2 is 2.00 bits per heavy atom. The minimum Gasteiger partial charge on any atom is -0.384 e. The quantitative estimate of drug-likeness (QED) is 0.594. The summed E-state index contributed by atoms with van der Waals surface area (Å²) in [5.41, 5.74) is 5.80. The van der Waals surface area contributed by atoms with E-state index in [-0.39, 0.29) is 22.0 Å². The molecule has 0 heterocycles. The van der Waals surface area contributed by atoms with Gasteiger partial charge in [0.25, 0.3) is 0 Å². The first kappa shape index (κ1) is 17.7. The zero-order valence-electron chi connectivity index (χ0n) is 13.2. The molecule has 0 radical (unpaired) electrons. The Hall–Kier alpha value is -1.40. The molecule has 0 aliphatic carbocycles. The van der Waals surface area contributed by atoms with E-state index in [0.717, 1.165) is 6.42 Å². The topological polar surface area (TPSA) is 87.2 Å². The fourth-order valence-corrected chi connectivity index (χ4v) is 3.15. The summed E-state index contributed by atoms with van der Waals surface area (Å²) in [5.74, 6) is -0.0786. The van der Waals surface area contributed by atoms with Crippen LogP contribution in [-0.2, 0) is 9.84 Å². The minimum absolute atomic E-state index is 0.0310. The molecule has 0 aromatic heterocycles. The van der Waals surface area contributed by atoms with Crippen LogP contribution < -0.4 is 5.73 Å². The van der Waals surface area contributed by atoms with Gasteiger partial charge < -0.3 is 10.6 Å². The van der Waals surface area contributed by atoms with Gasteiger partial charge in [0.15, 0.2) is 9.84 Å². The van der Waals surface area contributed by atoms with Gasteiger partial charge >= 0.3 is 0 Å². The van der Waals surface area contributed by atoms with E-state index < -0.39 is 9.84 Å². The number of nitrogen functional groups attached to an aromatic ring is 1. The molecule has 3 N–H and O–H groups in total. The number of amidine groups is 1. The van der Waals surface area contributed by atoms with Gasteiger partial charge in [0.05, 0.1) is 10.6 Å². The SMILES string of the molecule is CCC(C)(C)N(C)CCS(=O)(=O)c1cccc(C(=N)N)c1. The largest absolute Gasteiger partial charge is 0.384 e. The first-order valence-electron chi connectivity index (χ1n) is 6.98. The molecule has 5 nitrogen and oxygen atoms in total. The molecule has 1 aromatic carbocycles. The number of rotatable bonds is 7. The van der Waals surface area contributed by atoms with E-state index in [0.29, 0.717) is 12.1 Å². The normalized spacial score (nSPS) is 12.6. The molecule has 0 saturated carbocycles. The van der Waals surface area contributed by atoms with E-state index in [1.54, 1.807) is 18.2 Å². The molecule has 0 saturated heterocycles. The highest BCUT2D eigenvalue weighted by Gasteiger charge is 2.23. The molecule has 0 aliphatic rings. The predicted molar refractivity (Wildman–Crippen MR) is 86.5 cm³/mol. The van der Waals surface area contributed by atoms with Crippen molar-refractivity contribution in [1.29, 1.82) is 5.41 Å². The van der Waals surface area contributed by atoms with Crippen LogP contribution in [0.25, 0.3) is 0 Å². The number of nitrogens with zero attached hydrogens (tertiary/aromatic N) is 1. The molecule has 0 fully saturated rings. The molecule has 0 amide bonds. The molecule has 118 valence electrons. The molecular weight excluding hydrogens is 286 g/mol. The van der Waals surface area contributed by atoms with E-state index >= 15 is 0 Å². The van der Waals surface area contributed by atoms with Crippen molar-refractivity contribution < 1.29 is 8.42 Å². The number of nitrogens with one attached hydrogen (secondary N) is 1. The van der Waals surface area contributed by atoms with E-state index in [2.05, 4.69) is 25.7 Å². The zero-order chi connectivity index (χ0) is 16.3. The van der Waals surface area contributed by atoms with Gasteiger partial charge in [0, 0.05) is 17.6 Å². The van der Waals surface area contributed by atoms with Crippen molar-refractivity contribution in [3.05, 3.63) is 29.8 Å². The maximum Gasteiger partial charge on any atom is 0.179 e. The van der Waals surface area contributed by atoms with E-state index in [9.17, 15) is 8.42 Å². The smallest absolute Gasteiger partial charge is 0.179 e. The van der Waals surface area contributed by atoms with Crippen LogP contribution in [0.5, 0.6) is 0 Å². The second-order valence-electron chi connectivity index (χ2n) is 5.85. The van der Waals surface area contributed by atoms with Crippen molar-refractivity contribution in [3.8, 4) is 0 Å². The van der Waals surface area contributed by atoms with Crippen molar-refractivity contribution in [2.45, 2.75) is 37.6 Å². The van der Waals surface area contributed by atoms with Gasteiger partial charge in [-0.15, -0.1) is 0 Å². The highest BCUT2D eigenvalue weighted by atomic mass is 32.2. The standard InChI is InChI=1S/C15H25N3O2S/c1-5-15(2,3)18(4)9-10-21(19,20)13-8-6-7-12(11-13)14(16)17/h6-8,11H,5,9-10H2,1-4H3,(H3,16,17). The Morgan fingerprint density at radius 1 is 1.38 bits per heavy atom. The lowest BCUT2D eigenvalue weighted by atomic mass is 10.0. The Balaban J connectivity index is 2.88. The molecule has 21 heavy (non-hydrogen) atoms. The first-order valence-corrected chi connectivity index (χ1v) is 8.64. The van der Waals surface area contributed by atoms with E-state index in [1.807, 2.05) is 7.05 Å². The fraction of sp³-hybridized carbons (Fsp3) is 0.533. The third kappa shape index (κ3) is 4.54. The van der Waals surface area contributed by atoms with Crippen LogP contribution >= 0.6 is 0 Å². The van der Waals surface area contributed by atoms with Crippen LogP contribution in [0.3, 0.4) is 0 Å². The molecule has 0 aliphatic heterocycles. The second-order valence-corrected chi connectivity index (χ2v) is 7.96. The summed E-state index contributed by atoms with van der Waals surface area (Å²) in [6, 6.07) is 6.26. The third-order valence-corrected chi connectivity index (χ3v) is 5.79. The molecule has 6 heteroatoms. The predicted octanol–water partition coefficient (Wildman–Crippen LogP) is 1.86. The second kappa shape index (κ2) is 6.58. The highest BCUT2D eigenvalue weighted by molar-refractivity contribution is 7.91. The van der Waals surface area contributed by atoms with Crippen LogP contribution in [0, 0.1) is 5.41 Å². The summed E-state index contributed by atoms with van der Waals surface area (Å²) in [7, 11) is -1.44. The third-order valence-electron chi connectivity index (χ3n) is 4.10. The van der Waals surface area contributed by atoms with Gasteiger partial charge in [-0.25, -0.2) is 8.42 Å². The molecule has 1 rings (SSSR count). The molecule has 0 bridgehead atoms. The molecule has 0 unspecified atom stereocenters. The van der Waals surface area contributed by atoms with Crippen LogP contribution in [-0.4, -0.2) is 44.0 Å². The average molecular weight is 311 g/mol. The first-order chi connectivity index (χ1) is 9.60. The van der Waals surface area contributed by atoms with E-state index in [1.165, 1.54) is 6.07 Å². The number of sulfone groups is 1. The molecule has 0 atom stereocenters. The summed E-state index contributed by atoms with van der Waals surface area (Å²) in [6.07, 6.45) is 0.948. The van der Waals surface area contributed by atoms with Crippen molar-refractivity contribution >= 4 is 15.7 Å². The molecular formula is C15H25N3O2S. The Bertz CT molecular complexity index is 609. The lowest BCUT2D eigenvalue weighted by Crippen LogP contribution is -2.42. The van der Waals surface area contributed by atoms with Crippen molar-refractivity contribution in [2.24, 2.45) is 5.73 Å². The van der Waals surface area contributed by atoms with Gasteiger partial charge in [0.1, 0.15) is 5.84 Å². The molecule has 0 spiro atoms. The number of benzene rings is 1. The van der Waals surface area contributed by atoms with Crippen molar-refractivity contribution in [1.82, 2.24) is 4.90 Å². The number of hydrogen-bond donors (Lipinski definition) is 2. The Kier molecular flexibility index (Phi) is 5.53. The zero-order valence-corrected chi connectivity index (χ0v) is 14.0. The minimum atomic E-state index is -3.37. The lowest BCUT2D eigenvalue weighted by Gasteiger charge is -2.34. The summed E-state index contributed by atoms with van der Waals surface area (Å²) in [5, 5.41) is 7.39.